The molecule has 0 aliphatic carbocycles. The van der Waals surface area contributed by atoms with Crippen LogP contribution in [0.25, 0.3) is 0 Å². The topological polar surface area (TPSA) is 29.3 Å². The molecule has 0 radical (unpaired) electrons. The summed E-state index contributed by atoms with van der Waals surface area (Å²) >= 11 is 0. The number of rotatable bonds is 7. The largest absolute Gasteiger partial charge is 0.329 e. The number of hydrogen-bond donors (Lipinski definition) is 1. The maximum absolute atomic E-state index is 5.88. The lowest BCUT2D eigenvalue weighted by Gasteiger charge is -2.41. The molecule has 14 heavy (non-hydrogen) atoms. The van der Waals surface area contributed by atoms with Gasteiger partial charge in [0.1, 0.15) is 0 Å². The molecule has 86 valence electrons. The van der Waals surface area contributed by atoms with E-state index in [9.17, 15) is 0 Å². The summed E-state index contributed by atoms with van der Waals surface area (Å²) in [6.07, 6.45) is 2.35. The predicted molar refractivity (Wildman–Crippen MR) is 64.5 cm³/mol. The lowest BCUT2D eigenvalue weighted by atomic mass is 9.95. The first-order valence-corrected chi connectivity index (χ1v) is 5.95. The molecule has 2 nitrogen and oxygen atoms in total. The Morgan fingerprint density at radius 2 is 1.86 bits per heavy atom. The van der Waals surface area contributed by atoms with Gasteiger partial charge in [0.15, 0.2) is 0 Å². The van der Waals surface area contributed by atoms with Gasteiger partial charge in [0.25, 0.3) is 0 Å². The van der Waals surface area contributed by atoms with E-state index in [2.05, 4.69) is 39.5 Å². The van der Waals surface area contributed by atoms with E-state index in [1.807, 2.05) is 0 Å². The van der Waals surface area contributed by atoms with Crippen LogP contribution in [0.5, 0.6) is 0 Å². The number of nitrogens with two attached hydrogens (primary N) is 1. The van der Waals surface area contributed by atoms with E-state index in [0.29, 0.717) is 0 Å². The van der Waals surface area contributed by atoms with Crippen LogP contribution in [0.4, 0.5) is 0 Å². The molecule has 2 heteroatoms. The third-order valence-corrected chi connectivity index (χ3v) is 3.04. The van der Waals surface area contributed by atoms with Crippen LogP contribution in [0.15, 0.2) is 0 Å². The van der Waals surface area contributed by atoms with E-state index in [-0.39, 0.29) is 5.54 Å². The van der Waals surface area contributed by atoms with Crippen molar-refractivity contribution in [1.82, 2.24) is 4.90 Å². The maximum atomic E-state index is 5.88. The third-order valence-electron chi connectivity index (χ3n) is 3.04. The predicted octanol–water partition coefficient (Wildman–Crippen LogP) is 2.48. The molecule has 0 aromatic heterocycles. The molecule has 0 bridgehead atoms. The van der Waals surface area contributed by atoms with E-state index in [0.717, 1.165) is 25.4 Å². The molecule has 1 unspecified atom stereocenters. The molecule has 1 atom stereocenters. The van der Waals surface area contributed by atoms with Crippen molar-refractivity contribution < 1.29 is 0 Å². The Hall–Kier alpha value is -0.0800. The van der Waals surface area contributed by atoms with Crippen LogP contribution in [-0.4, -0.2) is 30.1 Å². The highest BCUT2D eigenvalue weighted by atomic mass is 15.2. The summed E-state index contributed by atoms with van der Waals surface area (Å²) in [5, 5.41) is 0. The summed E-state index contributed by atoms with van der Waals surface area (Å²) in [4.78, 5) is 2.55. The molecule has 0 aromatic rings. The maximum Gasteiger partial charge on any atom is 0.0301 e. The smallest absolute Gasteiger partial charge is 0.0301 e. The van der Waals surface area contributed by atoms with Crippen LogP contribution < -0.4 is 5.73 Å². The minimum atomic E-state index is 0.195. The van der Waals surface area contributed by atoms with Crippen LogP contribution in [-0.2, 0) is 0 Å². The quantitative estimate of drug-likeness (QED) is 0.684. The zero-order valence-corrected chi connectivity index (χ0v) is 10.6. The summed E-state index contributed by atoms with van der Waals surface area (Å²) in [6.45, 7) is 14.4. The Balaban J connectivity index is 4.43. The Morgan fingerprint density at radius 3 is 2.14 bits per heavy atom. The Kier molecular flexibility index (Phi) is 6.38. The molecule has 0 saturated heterocycles. The van der Waals surface area contributed by atoms with Gasteiger partial charge in [-0.15, -0.1) is 0 Å². The molecule has 0 heterocycles. The van der Waals surface area contributed by atoms with Crippen molar-refractivity contribution in [3.8, 4) is 0 Å². The minimum absolute atomic E-state index is 0.195. The zero-order chi connectivity index (χ0) is 11.2. The number of hydrogen-bond acceptors (Lipinski definition) is 2. The fourth-order valence-corrected chi connectivity index (χ4v) is 1.79. The van der Waals surface area contributed by atoms with Gasteiger partial charge in [-0.3, -0.25) is 4.90 Å². The van der Waals surface area contributed by atoms with E-state index in [1.165, 1.54) is 13.0 Å². The summed E-state index contributed by atoms with van der Waals surface area (Å²) < 4.78 is 0. The normalized spacial score (nSPS) is 16.3. The van der Waals surface area contributed by atoms with E-state index in [4.69, 9.17) is 5.73 Å². The van der Waals surface area contributed by atoms with Crippen molar-refractivity contribution in [3.05, 3.63) is 0 Å². The second-order valence-electron chi connectivity index (χ2n) is 4.89. The van der Waals surface area contributed by atoms with Gasteiger partial charge in [0, 0.05) is 18.6 Å². The van der Waals surface area contributed by atoms with Crippen molar-refractivity contribution >= 4 is 0 Å². The molecule has 0 aromatic carbocycles. The van der Waals surface area contributed by atoms with Crippen LogP contribution in [0.1, 0.15) is 47.5 Å². The van der Waals surface area contributed by atoms with E-state index < -0.39 is 0 Å². The van der Waals surface area contributed by atoms with Gasteiger partial charge in [-0.1, -0.05) is 27.7 Å². The van der Waals surface area contributed by atoms with Gasteiger partial charge < -0.3 is 5.73 Å². The summed E-state index contributed by atoms with van der Waals surface area (Å²) in [6, 6.07) is 0. The molecule has 0 saturated carbocycles. The molecule has 0 aliphatic rings. The first-order chi connectivity index (χ1) is 6.50. The highest BCUT2D eigenvalue weighted by molar-refractivity contribution is 4.86. The zero-order valence-electron chi connectivity index (χ0n) is 10.6. The summed E-state index contributed by atoms with van der Waals surface area (Å²) in [5.41, 5.74) is 6.08. The van der Waals surface area contributed by atoms with Crippen molar-refractivity contribution in [2.75, 3.05) is 19.6 Å². The van der Waals surface area contributed by atoms with Crippen LogP contribution >= 0.6 is 0 Å². The van der Waals surface area contributed by atoms with Gasteiger partial charge in [-0.05, 0) is 32.2 Å². The van der Waals surface area contributed by atoms with Crippen molar-refractivity contribution in [2.45, 2.75) is 53.0 Å². The van der Waals surface area contributed by atoms with Crippen LogP contribution in [0.2, 0.25) is 0 Å². The summed E-state index contributed by atoms with van der Waals surface area (Å²) in [5.74, 6) is 0.721. The van der Waals surface area contributed by atoms with Crippen LogP contribution in [0, 0.1) is 5.92 Å². The summed E-state index contributed by atoms with van der Waals surface area (Å²) in [7, 11) is 0. The third kappa shape index (κ3) is 3.97. The first-order valence-electron chi connectivity index (χ1n) is 5.95. The minimum Gasteiger partial charge on any atom is -0.329 e. The standard InChI is InChI=1S/C12H28N2/c1-6-8-14(9-11(3)4)12(5,7-2)10-13/h11H,6-10,13H2,1-5H3. The van der Waals surface area contributed by atoms with Crippen molar-refractivity contribution in [2.24, 2.45) is 11.7 Å². The molecule has 0 amide bonds. The molecule has 0 fully saturated rings. The second-order valence-corrected chi connectivity index (χ2v) is 4.89. The average molecular weight is 200 g/mol. The van der Waals surface area contributed by atoms with Gasteiger partial charge in [-0.25, -0.2) is 0 Å². The Morgan fingerprint density at radius 1 is 1.29 bits per heavy atom. The van der Waals surface area contributed by atoms with Gasteiger partial charge in [0.05, 0.1) is 0 Å². The van der Waals surface area contributed by atoms with Crippen molar-refractivity contribution in [1.29, 1.82) is 0 Å². The van der Waals surface area contributed by atoms with E-state index >= 15 is 0 Å². The second kappa shape index (κ2) is 6.41. The highest BCUT2D eigenvalue weighted by Gasteiger charge is 2.27. The number of nitrogens with zero attached hydrogens (tertiary/aromatic N) is 1. The van der Waals surface area contributed by atoms with Gasteiger partial charge >= 0.3 is 0 Å². The molecule has 0 spiro atoms. The SMILES string of the molecule is CCCN(CC(C)C)C(C)(CC)CN. The Labute approximate surface area is 89.9 Å². The van der Waals surface area contributed by atoms with E-state index in [1.54, 1.807) is 0 Å². The highest BCUT2D eigenvalue weighted by Crippen LogP contribution is 2.19. The fourth-order valence-electron chi connectivity index (χ4n) is 1.79. The van der Waals surface area contributed by atoms with Crippen LogP contribution in [0.3, 0.4) is 0 Å². The lowest BCUT2D eigenvalue weighted by Crippen LogP contribution is -2.52. The van der Waals surface area contributed by atoms with Gasteiger partial charge in [0.2, 0.25) is 0 Å². The lowest BCUT2D eigenvalue weighted by molar-refractivity contribution is 0.0917. The monoisotopic (exact) mass is 200 g/mol. The molecular weight excluding hydrogens is 172 g/mol. The molecular formula is C12H28N2. The average Bonchev–Trinajstić information content (AvgIpc) is 2.15. The van der Waals surface area contributed by atoms with Crippen molar-refractivity contribution in [3.63, 3.8) is 0 Å². The van der Waals surface area contributed by atoms with Gasteiger partial charge in [-0.2, -0.15) is 0 Å². The Bertz CT molecular complexity index is 139. The first kappa shape index (κ1) is 13.9. The molecule has 0 rings (SSSR count). The fraction of sp³-hybridized carbons (Fsp3) is 1.00. The molecule has 0 aliphatic heterocycles. The molecule has 2 N–H and O–H groups in total.